The van der Waals surface area contributed by atoms with Crippen LogP contribution in [0, 0.1) is 0 Å². The molecule has 2 aliphatic rings. The SMILES string of the molecule is CS(=O)(=O)N1CCCC[C@@H]2[C@H]1CCCN2C(=O)Cc1ccc(O)cc1. The molecule has 1 N–H and O–H groups in total. The zero-order valence-corrected chi connectivity index (χ0v) is 15.4. The Labute approximate surface area is 149 Å². The Morgan fingerprint density at radius 2 is 1.76 bits per heavy atom. The molecule has 0 bridgehead atoms. The highest BCUT2D eigenvalue weighted by Gasteiger charge is 2.41. The van der Waals surface area contributed by atoms with Crippen molar-refractivity contribution >= 4 is 15.9 Å². The van der Waals surface area contributed by atoms with Gasteiger partial charge in [0.15, 0.2) is 0 Å². The van der Waals surface area contributed by atoms with Gasteiger partial charge in [0.05, 0.1) is 12.7 Å². The average Bonchev–Trinajstić information content (AvgIpc) is 2.78. The minimum absolute atomic E-state index is 0.0319. The van der Waals surface area contributed by atoms with Crippen molar-refractivity contribution in [2.75, 3.05) is 19.3 Å². The van der Waals surface area contributed by atoms with Crippen LogP contribution < -0.4 is 0 Å². The summed E-state index contributed by atoms with van der Waals surface area (Å²) in [6.45, 7) is 1.25. The maximum absolute atomic E-state index is 12.9. The number of hydrogen-bond donors (Lipinski definition) is 1. The van der Waals surface area contributed by atoms with Crippen LogP contribution in [0.1, 0.15) is 37.7 Å². The molecular formula is C18H26N2O4S. The Morgan fingerprint density at radius 1 is 1.08 bits per heavy atom. The fourth-order valence-corrected chi connectivity index (χ4v) is 5.32. The third kappa shape index (κ3) is 4.15. The maximum atomic E-state index is 12.9. The van der Waals surface area contributed by atoms with Crippen LogP contribution in [0.4, 0.5) is 0 Å². The van der Waals surface area contributed by atoms with E-state index in [1.54, 1.807) is 28.6 Å². The number of rotatable bonds is 3. The van der Waals surface area contributed by atoms with Crippen LogP contribution in [-0.4, -0.2) is 60.1 Å². The molecule has 0 radical (unpaired) electrons. The number of hydrogen-bond acceptors (Lipinski definition) is 4. The van der Waals surface area contributed by atoms with Crippen LogP contribution in [0.3, 0.4) is 0 Å². The molecule has 2 atom stereocenters. The van der Waals surface area contributed by atoms with E-state index in [9.17, 15) is 18.3 Å². The number of likely N-dealkylation sites (tertiary alicyclic amines) is 1. The highest BCUT2D eigenvalue weighted by Crippen LogP contribution is 2.31. The molecule has 1 aromatic rings. The summed E-state index contributed by atoms with van der Waals surface area (Å²) in [7, 11) is -3.26. The summed E-state index contributed by atoms with van der Waals surface area (Å²) in [4.78, 5) is 14.8. The molecule has 2 heterocycles. The minimum Gasteiger partial charge on any atom is -0.508 e. The van der Waals surface area contributed by atoms with Gasteiger partial charge in [-0.05, 0) is 43.4 Å². The summed E-state index contributed by atoms with van der Waals surface area (Å²) in [5.74, 6) is 0.220. The van der Waals surface area contributed by atoms with Crippen molar-refractivity contribution in [2.45, 2.75) is 50.6 Å². The zero-order chi connectivity index (χ0) is 18.0. The first kappa shape index (κ1) is 18.2. The standard InChI is InChI=1S/C18H26N2O4S/c1-25(23,24)20-12-3-2-5-16-17(20)6-4-11-19(16)18(22)13-14-7-9-15(21)10-8-14/h7-10,16-17,21H,2-6,11-13H2,1H3/t16-,17-/m1/s1. The van der Waals surface area contributed by atoms with Gasteiger partial charge < -0.3 is 10.0 Å². The third-order valence-corrected chi connectivity index (χ3v) is 6.59. The van der Waals surface area contributed by atoms with E-state index in [1.807, 2.05) is 4.90 Å². The number of fused-ring (bicyclic) bond motifs is 1. The normalized spacial score (nSPS) is 25.2. The number of sulfonamides is 1. The zero-order valence-electron chi connectivity index (χ0n) is 14.6. The van der Waals surface area contributed by atoms with Crippen molar-refractivity contribution in [1.82, 2.24) is 9.21 Å². The van der Waals surface area contributed by atoms with E-state index >= 15 is 0 Å². The molecule has 3 rings (SSSR count). The lowest BCUT2D eigenvalue weighted by atomic mass is 9.92. The quantitative estimate of drug-likeness (QED) is 0.884. The van der Waals surface area contributed by atoms with Gasteiger partial charge in [-0.1, -0.05) is 18.6 Å². The van der Waals surface area contributed by atoms with Gasteiger partial charge in [0, 0.05) is 25.2 Å². The van der Waals surface area contributed by atoms with E-state index < -0.39 is 10.0 Å². The molecule has 7 heteroatoms. The van der Waals surface area contributed by atoms with Crippen LogP contribution in [0.2, 0.25) is 0 Å². The first-order valence-electron chi connectivity index (χ1n) is 8.90. The number of amides is 1. The predicted molar refractivity (Wildman–Crippen MR) is 95.7 cm³/mol. The summed E-state index contributed by atoms with van der Waals surface area (Å²) < 4.78 is 26.0. The van der Waals surface area contributed by atoms with Crippen molar-refractivity contribution < 1.29 is 18.3 Å². The molecule has 2 saturated heterocycles. The number of aromatic hydroxyl groups is 1. The summed E-state index contributed by atoms with van der Waals surface area (Å²) >= 11 is 0. The molecule has 25 heavy (non-hydrogen) atoms. The Kier molecular flexibility index (Phi) is 5.34. The molecule has 0 aromatic heterocycles. The van der Waals surface area contributed by atoms with Crippen LogP contribution in [-0.2, 0) is 21.2 Å². The number of carbonyl (C=O) groups excluding carboxylic acids is 1. The van der Waals surface area contributed by atoms with Crippen LogP contribution in [0.25, 0.3) is 0 Å². The van der Waals surface area contributed by atoms with Gasteiger partial charge in [-0.15, -0.1) is 0 Å². The molecule has 2 aliphatic heterocycles. The van der Waals surface area contributed by atoms with Crippen LogP contribution in [0.15, 0.2) is 24.3 Å². The average molecular weight is 366 g/mol. The van der Waals surface area contributed by atoms with E-state index in [0.717, 1.165) is 37.7 Å². The highest BCUT2D eigenvalue weighted by atomic mass is 32.2. The first-order valence-corrected chi connectivity index (χ1v) is 10.8. The molecule has 138 valence electrons. The third-order valence-electron chi connectivity index (χ3n) is 5.28. The Hall–Kier alpha value is -1.60. The molecular weight excluding hydrogens is 340 g/mol. The molecule has 1 amide bonds. The number of phenolic OH excluding ortho intramolecular Hbond substituents is 1. The van der Waals surface area contributed by atoms with Crippen molar-refractivity contribution in [1.29, 1.82) is 0 Å². The fraction of sp³-hybridized carbons (Fsp3) is 0.611. The summed E-state index contributed by atoms with van der Waals surface area (Å²) in [5.41, 5.74) is 0.860. The monoisotopic (exact) mass is 366 g/mol. The van der Waals surface area contributed by atoms with Gasteiger partial charge in [0.2, 0.25) is 15.9 Å². The highest BCUT2D eigenvalue weighted by molar-refractivity contribution is 7.88. The second kappa shape index (κ2) is 7.33. The van der Waals surface area contributed by atoms with Crippen LogP contribution in [0.5, 0.6) is 5.75 Å². The summed E-state index contributed by atoms with van der Waals surface area (Å²) in [5, 5.41) is 9.37. The number of phenols is 1. The molecule has 2 fully saturated rings. The largest absolute Gasteiger partial charge is 0.508 e. The van der Waals surface area contributed by atoms with Crippen molar-refractivity contribution in [2.24, 2.45) is 0 Å². The topological polar surface area (TPSA) is 77.9 Å². The van der Waals surface area contributed by atoms with Crippen molar-refractivity contribution in [3.63, 3.8) is 0 Å². The lowest BCUT2D eigenvalue weighted by molar-refractivity contribution is -0.135. The van der Waals surface area contributed by atoms with E-state index in [2.05, 4.69) is 0 Å². The summed E-state index contributed by atoms with van der Waals surface area (Å²) in [6, 6.07) is 6.54. The van der Waals surface area contributed by atoms with Gasteiger partial charge in [0.1, 0.15) is 5.75 Å². The summed E-state index contributed by atoms with van der Waals surface area (Å²) in [6.07, 6.45) is 5.85. The Morgan fingerprint density at radius 3 is 2.44 bits per heavy atom. The number of piperidine rings is 1. The first-order chi connectivity index (χ1) is 11.9. The second-order valence-corrected chi connectivity index (χ2v) is 9.01. The fourth-order valence-electron chi connectivity index (χ4n) is 4.12. The van der Waals surface area contributed by atoms with E-state index in [-0.39, 0.29) is 30.2 Å². The van der Waals surface area contributed by atoms with Gasteiger partial charge in [-0.2, -0.15) is 4.31 Å². The smallest absolute Gasteiger partial charge is 0.227 e. The second-order valence-electron chi connectivity index (χ2n) is 7.08. The molecule has 0 spiro atoms. The lowest BCUT2D eigenvalue weighted by Gasteiger charge is -2.44. The van der Waals surface area contributed by atoms with Gasteiger partial charge >= 0.3 is 0 Å². The Balaban J connectivity index is 1.79. The van der Waals surface area contributed by atoms with Gasteiger partial charge in [-0.3, -0.25) is 4.79 Å². The lowest BCUT2D eigenvalue weighted by Crippen LogP contribution is -2.57. The number of nitrogens with zero attached hydrogens (tertiary/aromatic N) is 2. The van der Waals surface area contributed by atoms with Crippen LogP contribution >= 0.6 is 0 Å². The van der Waals surface area contributed by atoms with E-state index in [4.69, 9.17) is 0 Å². The van der Waals surface area contributed by atoms with E-state index in [1.165, 1.54) is 6.26 Å². The van der Waals surface area contributed by atoms with Crippen molar-refractivity contribution in [3.8, 4) is 5.75 Å². The molecule has 0 unspecified atom stereocenters. The minimum atomic E-state index is -3.26. The number of carbonyl (C=O) groups is 1. The van der Waals surface area contributed by atoms with Crippen molar-refractivity contribution in [3.05, 3.63) is 29.8 Å². The molecule has 0 saturated carbocycles. The molecule has 6 nitrogen and oxygen atoms in total. The number of benzene rings is 1. The van der Waals surface area contributed by atoms with Gasteiger partial charge in [0.25, 0.3) is 0 Å². The molecule has 0 aliphatic carbocycles. The predicted octanol–water partition coefficient (Wildman–Crippen LogP) is 1.74. The molecule has 1 aromatic carbocycles. The Bertz CT molecular complexity index is 717. The maximum Gasteiger partial charge on any atom is 0.227 e. The van der Waals surface area contributed by atoms with E-state index in [0.29, 0.717) is 13.1 Å². The van der Waals surface area contributed by atoms with Gasteiger partial charge in [-0.25, -0.2) is 8.42 Å².